The first-order chi connectivity index (χ1) is 12.1. The molecule has 1 aliphatic heterocycles. The minimum Gasteiger partial charge on any atom is -0.348 e. The van der Waals surface area contributed by atoms with Crippen LogP contribution in [-0.4, -0.2) is 21.9 Å². The van der Waals surface area contributed by atoms with E-state index in [4.69, 9.17) is 0 Å². The Morgan fingerprint density at radius 3 is 2.68 bits per heavy atom. The van der Waals surface area contributed by atoms with Gasteiger partial charge in [-0.1, -0.05) is 42.0 Å². The smallest absolute Gasteiger partial charge is 0.255 e. The Labute approximate surface area is 156 Å². The van der Waals surface area contributed by atoms with Gasteiger partial charge in [-0.2, -0.15) is 0 Å². The molecule has 4 rings (SSSR count). The molecule has 2 heterocycles. The minimum atomic E-state index is -0.0664. The first-order valence-electron chi connectivity index (χ1n) is 8.42. The van der Waals surface area contributed by atoms with Gasteiger partial charge < -0.3 is 9.47 Å². The van der Waals surface area contributed by atoms with E-state index >= 15 is 0 Å². The van der Waals surface area contributed by atoms with Gasteiger partial charge in [0, 0.05) is 29.5 Å². The molecule has 3 aromatic rings. The number of aryl methyl sites for hydroxylation is 1. The van der Waals surface area contributed by atoms with Gasteiger partial charge in [-0.15, -0.1) is 0 Å². The molecule has 0 spiro atoms. The summed E-state index contributed by atoms with van der Waals surface area (Å²) in [5.41, 5.74) is 4.23. The van der Waals surface area contributed by atoms with E-state index in [-0.39, 0.29) is 11.9 Å². The predicted molar refractivity (Wildman–Crippen MR) is 103 cm³/mol. The van der Waals surface area contributed by atoms with Crippen LogP contribution in [0.4, 0.5) is 0 Å². The average molecular weight is 395 g/mol. The quantitative estimate of drug-likeness (QED) is 0.612. The summed E-state index contributed by atoms with van der Waals surface area (Å²) in [6, 6.07) is 20.2. The summed E-state index contributed by atoms with van der Waals surface area (Å²) in [6.07, 6.45) is 2.10. The number of hydrogen-bond acceptors (Lipinski definition) is 1. The van der Waals surface area contributed by atoms with E-state index in [2.05, 4.69) is 70.0 Å². The molecule has 25 heavy (non-hydrogen) atoms. The van der Waals surface area contributed by atoms with E-state index in [1.165, 1.54) is 5.56 Å². The lowest BCUT2D eigenvalue weighted by Crippen LogP contribution is -2.42. The van der Waals surface area contributed by atoms with Crippen molar-refractivity contribution in [2.24, 2.45) is 0 Å². The minimum absolute atomic E-state index is 0.0615. The summed E-state index contributed by atoms with van der Waals surface area (Å²) < 4.78 is 3.08. The summed E-state index contributed by atoms with van der Waals surface area (Å²) in [6.45, 7) is 3.60. The van der Waals surface area contributed by atoms with Gasteiger partial charge in [0.2, 0.25) is 0 Å². The van der Waals surface area contributed by atoms with Gasteiger partial charge in [0.25, 0.3) is 5.91 Å². The van der Waals surface area contributed by atoms with Crippen LogP contribution in [0.3, 0.4) is 0 Å². The zero-order chi connectivity index (χ0) is 17.4. The summed E-state index contributed by atoms with van der Waals surface area (Å²) in [7, 11) is 0. The molecule has 1 aliphatic rings. The molecule has 1 amide bonds. The number of rotatable bonds is 2. The Morgan fingerprint density at radius 2 is 1.88 bits per heavy atom. The number of carbonyl (C=O) groups excluding carboxylic acids is 1. The maximum absolute atomic E-state index is 13.3. The summed E-state index contributed by atoms with van der Waals surface area (Å²) >= 11 is 3.52. The van der Waals surface area contributed by atoms with Crippen molar-refractivity contribution < 1.29 is 4.79 Å². The van der Waals surface area contributed by atoms with Gasteiger partial charge in [0.1, 0.15) is 0 Å². The Balaban J connectivity index is 1.81. The molecule has 0 saturated heterocycles. The van der Waals surface area contributed by atoms with Crippen LogP contribution in [0, 0.1) is 6.92 Å². The van der Waals surface area contributed by atoms with Gasteiger partial charge in [-0.25, -0.2) is 0 Å². The number of amides is 1. The number of halogens is 1. The van der Waals surface area contributed by atoms with Gasteiger partial charge in [-0.05, 0) is 52.7 Å². The Morgan fingerprint density at radius 1 is 1.04 bits per heavy atom. The third-order valence-corrected chi connectivity index (χ3v) is 5.45. The van der Waals surface area contributed by atoms with Gasteiger partial charge >= 0.3 is 0 Å². The second-order valence-corrected chi connectivity index (χ2v) is 7.28. The third kappa shape index (κ3) is 2.91. The number of aromatic nitrogens is 1. The molecule has 1 aromatic heterocycles. The topological polar surface area (TPSA) is 25.2 Å². The van der Waals surface area contributed by atoms with Crippen molar-refractivity contribution in [1.82, 2.24) is 9.47 Å². The monoisotopic (exact) mass is 394 g/mol. The zero-order valence-electron chi connectivity index (χ0n) is 14.0. The maximum Gasteiger partial charge on any atom is 0.255 e. The highest BCUT2D eigenvalue weighted by atomic mass is 79.9. The zero-order valence-corrected chi connectivity index (χ0v) is 15.6. The van der Waals surface area contributed by atoms with Crippen LogP contribution < -0.4 is 0 Å². The number of nitrogens with zero attached hydrogens (tertiary/aromatic N) is 2. The van der Waals surface area contributed by atoms with Crippen LogP contribution in [-0.2, 0) is 6.54 Å². The van der Waals surface area contributed by atoms with E-state index < -0.39 is 0 Å². The van der Waals surface area contributed by atoms with Crippen LogP contribution in [0.25, 0.3) is 0 Å². The molecule has 4 heteroatoms. The molecule has 0 radical (unpaired) electrons. The van der Waals surface area contributed by atoms with E-state index in [1.54, 1.807) is 0 Å². The van der Waals surface area contributed by atoms with E-state index in [0.29, 0.717) is 12.1 Å². The Kier molecular flexibility index (Phi) is 4.22. The molecule has 2 aromatic carbocycles. The fraction of sp³-hybridized carbons (Fsp3) is 0.190. The first-order valence-corrected chi connectivity index (χ1v) is 9.21. The molecule has 0 fully saturated rings. The number of fused-ring (bicyclic) bond motifs is 1. The van der Waals surface area contributed by atoms with Gasteiger partial charge in [0.05, 0.1) is 11.6 Å². The van der Waals surface area contributed by atoms with Crippen molar-refractivity contribution in [2.45, 2.75) is 19.5 Å². The lowest BCUT2D eigenvalue weighted by Gasteiger charge is -2.37. The highest BCUT2D eigenvalue weighted by molar-refractivity contribution is 9.10. The van der Waals surface area contributed by atoms with Crippen LogP contribution in [0.15, 0.2) is 71.3 Å². The maximum atomic E-state index is 13.3. The molecule has 1 atom stereocenters. The standard InChI is InChI=1S/C21H19BrN2O/c1-15-6-4-7-16(14-15)20-19-10-5-11-23(19)12-13-24(20)21(25)17-8-2-3-9-18(17)22/h2-11,14,20H,12-13H2,1H3. The Bertz CT molecular complexity index is 931. The number of hydrogen-bond donors (Lipinski definition) is 0. The molecule has 0 saturated carbocycles. The van der Waals surface area contributed by atoms with Crippen LogP contribution in [0.1, 0.15) is 33.2 Å². The van der Waals surface area contributed by atoms with Crippen molar-refractivity contribution in [1.29, 1.82) is 0 Å². The predicted octanol–water partition coefficient (Wildman–Crippen LogP) is 4.80. The van der Waals surface area contributed by atoms with Crippen molar-refractivity contribution >= 4 is 21.8 Å². The summed E-state index contributed by atoms with van der Waals surface area (Å²) in [5.74, 6) is 0.0615. The number of carbonyl (C=O) groups is 1. The molecule has 3 nitrogen and oxygen atoms in total. The first kappa shape index (κ1) is 16.2. The highest BCUT2D eigenvalue weighted by Gasteiger charge is 2.33. The van der Waals surface area contributed by atoms with Crippen LogP contribution in [0.5, 0.6) is 0 Å². The lowest BCUT2D eigenvalue weighted by atomic mass is 9.97. The molecule has 126 valence electrons. The number of benzene rings is 2. The molecule has 0 bridgehead atoms. The van der Waals surface area contributed by atoms with E-state index in [9.17, 15) is 4.79 Å². The molecular weight excluding hydrogens is 376 g/mol. The second-order valence-electron chi connectivity index (χ2n) is 6.42. The largest absolute Gasteiger partial charge is 0.348 e. The van der Waals surface area contributed by atoms with Crippen LogP contribution in [0.2, 0.25) is 0 Å². The van der Waals surface area contributed by atoms with Gasteiger partial charge in [-0.3, -0.25) is 4.79 Å². The average Bonchev–Trinajstić information content (AvgIpc) is 3.09. The summed E-state index contributed by atoms with van der Waals surface area (Å²) in [4.78, 5) is 15.3. The highest BCUT2D eigenvalue weighted by Crippen LogP contribution is 2.34. The molecule has 1 unspecified atom stereocenters. The van der Waals surface area contributed by atoms with Crippen molar-refractivity contribution in [2.75, 3.05) is 6.54 Å². The van der Waals surface area contributed by atoms with Crippen LogP contribution >= 0.6 is 15.9 Å². The Hall–Kier alpha value is -2.33. The SMILES string of the molecule is Cc1cccc(C2c3cccn3CCN2C(=O)c2ccccc2Br)c1. The second kappa shape index (κ2) is 6.52. The molecule has 0 N–H and O–H groups in total. The fourth-order valence-electron chi connectivity index (χ4n) is 3.58. The van der Waals surface area contributed by atoms with Crippen molar-refractivity contribution in [3.8, 4) is 0 Å². The fourth-order valence-corrected chi connectivity index (χ4v) is 4.04. The van der Waals surface area contributed by atoms with E-state index in [0.717, 1.165) is 22.3 Å². The van der Waals surface area contributed by atoms with Gasteiger partial charge in [0.15, 0.2) is 0 Å². The van der Waals surface area contributed by atoms with E-state index in [1.807, 2.05) is 29.2 Å². The summed E-state index contributed by atoms with van der Waals surface area (Å²) in [5, 5.41) is 0. The lowest BCUT2D eigenvalue weighted by molar-refractivity contribution is 0.0663. The normalized spacial score (nSPS) is 16.6. The van der Waals surface area contributed by atoms with Crippen molar-refractivity contribution in [3.63, 3.8) is 0 Å². The third-order valence-electron chi connectivity index (χ3n) is 4.76. The van der Waals surface area contributed by atoms with Crippen molar-refractivity contribution in [3.05, 3.63) is 93.7 Å². The molecular formula is C21H19BrN2O. The molecule has 0 aliphatic carbocycles.